The van der Waals surface area contributed by atoms with Crippen molar-refractivity contribution in [1.29, 1.82) is 5.26 Å². The summed E-state index contributed by atoms with van der Waals surface area (Å²) in [4.78, 5) is 13.4. The van der Waals surface area contributed by atoms with Crippen LogP contribution in [0.5, 0.6) is 0 Å². The van der Waals surface area contributed by atoms with Gasteiger partial charge in [-0.3, -0.25) is 9.48 Å². The average Bonchev–Trinajstić information content (AvgIpc) is 3.32. The molecule has 3 saturated carbocycles. The Balaban J connectivity index is 1.36. The van der Waals surface area contributed by atoms with E-state index in [4.69, 9.17) is 5.26 Å². The van der Waals surface area contributed by atoms with E-state index in [1.165, 1.54) is 12.6 Å². The Morgan fingerprint density at radius 3 is 2.75 bits per heavy atom. The lowest BCUT2D eigenvalue weighted by Crippen LogP contribution is -2.49. The highest BCUT2D eigenvalue weighted by molar-refractivity contribution is 5.82. The van der Waals surface area contributed by atoms with E-state index in [2.05, 4.69) is 31.1 Å². The molecule has 5 nitrogen and oxygen atoms in total. The van der Waals surface area contributed by atoms with Crippen LogP contribution >= 0.6 is 0 Å². The number of Topliss-reactive ketones (excluding diaryl/α,β-unsaturated/α-hetero) is 1. The Morgan fingerprint density at radius 1 is 1.19 bits per heavy atom. The van der Waals surface area contributed by atoms with Crippen molar-refractivity contribution in [2.75, 3.05) is 0 Å². The number of ketones is 1. The Hall–Kier alpha value is -1.93. The Morgan fingerprint density at radius 2 is 2.00 bits per heavy atom. The van der Waals surface area contributed by atoms with Gasteiger partial charge in [0.05, 0.1) is 23.9 Å². The molecule has 0 aromatic carbocycles. The summed E-state index contributed by atoms with van der Waals surface area (Å²) >= 11 is 0. The van der Waals surface area contributed by atoms with Gasteiger partial charge < -0.3 is 5.11 Å². The SMILES string of the molecule is C[C@]1(O)CCC2=CC[C@H]3[C@@H]4CC[C@H](C(=O)Cn5cc(C#N)cn5)[C@@]4(C)CC[C@@H]3[C@@]2(C)CC1. The number of aliphatic hydroxyl groups is 1. The first-order valence-corrected chi connectivity index (χ1v) is 12.5. The average molecular weight is 436 g/mol. The second-order valence-corrected chi connectivity index (χ2v) is 11.9. The van der Waals surface area contributed by atoms with Gasteiger partial charge in [-0.1, -0.05) is 25.5 Å². The van der Waals surface area contributed by atoms with Crippen molar-refractivity contribution in [3.63, 3.8) is 0 Å². The van der Waals surface area contributed by atoms with E-state index in [9.17, 15) is 9.90 Å². The van der Waals surface area contributed by atoms with Crippen molar-refractivity contribution >= 4 is 5.78 Å². The minimum absolute atomic E-state index is 0.0708. The second-order valence-electron chi connectivity index (χ2n) is 11.9. The van der Waals surface area contributed by atoms with Crippen molar-refractivity contribution in [2.24, 2.45) is 34.5 Å². The number of fused-ring (bicyclic) bond motifs is 5. The fraction of sp³-hybridized carbons (Fsp3) is 0.741. The third-order valence-electron chi connectivity index (χ3n) is 10.2. The van der Waals surface area contributed by atoms with Gasteiger partial charge in [-0.15, -0.1) is 0 Å². The van der Waals surface area contributed by atoms with Gasteiger partial charge >= 0.3 is 0 Å². The zero-order valence-electron chi connectivity index (χ0n) is 19.8. The smallest absolute Gasteiger partial charge is 0.157 e. The van der Waals surface area contributed by atoms with Crippen LogP contribution in [-0.4, -0.2) is 26.3 Å². The van der Waals surface area contributed by atoms with Crippen molar-refractivity contribution in [2.45, 2.75) is 90.7 Å². The lowest BCUT2D eigenvalue weighted by atomic mass is 9.48. The summed E-state index contributed by atoms with van der Waals surface area (Å²) in [5.41, 5.74) is 1.84. The standard InChI is InChI=1S/C27H37N3O2/c1-25(32)10-8-19-4-5-20-21-6-7-23(24(31)17-30-16-18(14-28)15-29-30)27(21,3)11-9-22(20)26(19,2)13-12-25/h4,15-16,20-23,32H,5-13,17H2,1-3H3/t20-,21-,22-,23+,25-,26-,27-/m0/s1. The van der Waals surface area contributed by atoms with Crippen LogP contribution < -0.4 is 0 Å². The van der Waals surface area contributed by atoms with Gasteiger partial charge in [0.25, 0.3) is 0 Å². The van der Waals surface area contributed by atoms with E-state index in [0.717, 1.165) is 51.4 Å². The maximum Gasteiger partial charge on any atom is 0.157 e. The molecular formula is C27H37N3O2. The molecule has 4 aliphatic carbocycles. The molecule has 0 bridgehead atoms. The number of rotatable bonds is 3. The molecule has 3 fully saturated rings. The zero-order valence-corrected chi connectivity index (χ0v) is 19.8. The van der Waals surface area contributed by atoms with Crippen molar-refractivity contribution in [3.8, 4) is 6.07 Å². The largest absolute Gasteiger partial charge is 0.390 e. The highest BCUT2D eigenvalue weighted by Gasteiger charge is 2.59. The number of nitrogens with zero attached hydrogens (tertiary/aromatic N) is 3. The number of nitriles is 1. The summed E-state index contributed by atoms with van der Waals surface area (Å²) in [5.74, 6) is 2.30. The topological polar surface area (TPSA) is 78.9 Å². The van der Waals surface area contributed by atoms with E-state index in [1.807, 2.05) is 6.92 Å². The van der Waals surface area contributed by atoms with E-state index in [1.54, 1.807) is 16.5 Å². The summed E-state index contributed by atoms with van der Waals surface area (Å²) < 4.78 is 1.64. The summed E-state index contributed by atoms with van der Waals surface area (Å²) in [6, 6.07) is 2.09. The predicted octanol–water partition coefficient (Wildman–Crippen LogP) is 5.04. The number of hydrogen-bond donors (Lipinski definition) is 1. The van der Waals surface area contributed by atoms with Crippen LogP contribution in [-0.2, 0) is 11.3 Å². The molecule has 5 heteroatoms. The minimum Gasteiger partial charge on any atom is -0.390 e. The third-order valence-corrected chi connectivity index (χ3v) is 10.2. The van der Waals surface area contributed by atoms with E-state index in [0.29, 0.717) is 23.3 Å². The van der Waals surface area contributed by atoms with Crippen molar-refractivity contribution < 1.29 is 9.90 Å². The molecule has 32 heavy (non-hydrogen) atoms. The molecule has 1 heterocycles. The number of allylic oxidation sites excluding steroid dienone is 2. The van der Waals surface area contributed by atoms with E-state index in [-0.39, 0.29) is 29.1 Å². The van der Waals surface area contributed by atoms with Gasteiger partial charge in [0.15, 0.2) is 5.78 Å². The van der Waals surface area contributed by atoms with Gasteiger partial charge in [0.2, 0.25) is 0 Å². The zero-order chi connectivity index (χ0) is 22.7. The second kappa shape index (κ2) is 7.55. The van der Waals surface area contributed by atoms with Crippen LogP contribution in [0.3, 0.4) is 0 Å². The summed E-state index contributed by atoms with van der Waals surface area (Å²) in [6.45, 7) is 7.14. The fourth-order valence-electron chi connectivity index (χ4n) is 8.25. The monoisotopic (exact) mass is 435 g/mol. The van der Waals surface area contributed by atoms with Crippen LogP contribution in [0.15, 0.2) is 24.0 Å². The third kappa shape index (κ3) is 3.37. The number of aromatic nitrogens is 2. The summed E-state index contributed by atoms with van der Waals surface area (Å²) in [7, 11) is 0. The quantitative estimate of drug-likeness (QED) is 0.674. The molecule has 1 aromatic rings. The lowest BCUT2D eigenvalue weighted by Gasteiger charge is -2.56. The molecule has 1 aromatic heterocycles. The van der Waals surface area contributed by atoms with E-state index < -0.39 is 5.60 Å². The molecular weight excluding hydrogens is 398 g/mol. The molecule has 1 N–H and O–H groups in total. The first-order valence-electron chi connectivity index (χ1n) is 12.5. The maximum absolute atomic E-state index is 13.4. The molecule has 0 spiro atoms. The maximum atomic E-state index is 13.4. The molecule has 0 unspecified atom stereocenters. The van der Waals surface area contributed by atoms with Gasteiger partial charge in [-0.05, 0) is 93.3 Å². The highest BCUT2D eigenvalue weighted by Crippen LogP contribution is 2.66. The molecule has 0 saturated heterocycles. The normalized spacial score (nSPS) is 43.3. The van der Waals surface area contributed by atoms with Gasteiger partial charge in [0, 0.05) is 12.1 Å². The first-order chi connectivity index (χ1) is 15.2. The van der Waals surface area contributed by atoms with Crippen LogP contribution in [0.25, 0.3) is 0 Å². The molecule has 0 amide bonds. The van der Waals surface area contributed by atoms with Crippen molar-refractivity contribution in [1.82, 2.24) is 9.78 Å². The number of carbonyl (C=O) groups is 1. The highest BCUT2D eigenvalue weighted by atomic mass is 16.3. The van der Waals surface area contributed by atoms with E-state index >= 15 is 0 Å². The molecule has 4 aliphatic rings. The Labute approximate surface area is 191 Å². The van der Waals surface area contributed by atoms with Crippen LogP contribution in [0.2, 0.25) is 0 Å². The van der Waals surface area contributed by atoms with Crippen LogP contribution in [0.1, 0.15) is 84.1 Å². The molecule has 5 rings (SSSR count). The predicted molar refractivity (Wildman–Crippen MR) is 122 cm³/mol. The van der Waals surface area contributed by atoms with Gasteiger partial charge in [-0.2, -0.15) is 10.4 Å². The van der Waals surface area contributed by atoms with Crippen molar-refractivity contribution in [3.05, 3.63) is 29.6 Å². The first kappa shape index (κ1) is 21.9. The summed E-state index contributed by atoms with van der Waals surface area (Å²) in [5, 5.41) is 24.0. The fourth-order valence-corrected chi connectivity index (χ4v) is 8.25. The number of hydrogen-bond acceptors (Lipinski definition) is 4. The molecule has 7 atom stereocenters. The molecule has 0 aliphatic heterocycles. The number of carbonyl (C=O) groups excluding carboxylic acids is 1. The Kier molecular flexibility index (Phi) is 5.17. The minimum atomic E-state index is -0.539. The Bertz CT molecular complexity index is 985. The van der Waals surface area contributed by atoms with Gasteiger partial charge in [-0.25, -0.2) is 0 Å². The van der Waals surface area contributed by atoms with Gasteiger partial charge in [0.1, 0.15) is 6.07 Å². The van der Waals surface area contributed by atoms with Crippen LogP contribution in [0, 0.1) is 45.8 Å². The summed E-state index contributed by atoms with van der Waals surface area (Å²) in [6.07, 6.45) is 15.2. The van der Waals surface area contributed by atoms with Crippen LogP contribution in [0.4, 0.5) is 0 Å². The lowest BCUT2D eigenvalue weighted by molar-refractivity contribution is -0.130. The molecule has 0 radical (unpaired) electrons. The molecule has 172 valence electrons.